The zero-order valence-corrected chi connectivity index (χ0v) is 5.73. The summed E-state index contributed by atoms with van der Waals surface area (Å²) in [6, 6.07) is 0. The molecule has 9 heavy (non-hydrogen) atoms. The molecular weight excluding hydrogens is 138 g/mol. The maximum Gasteiger partial charge on any atom is 0.312 e. The molecule has 0 aromatic carbocycles. The summed E-state index contributed by atoms with van der Waals surface area (Å²) in [5.74, 6) is 0.816. The summed E-state index contributed by atoms with van der Waals surface area (Å²) in [6.07, 6.45) is 1.74. The predicted molar refractivity (Wildman–Crippen MR) is 35.7 cm³/mol. The molecule has 1 unspecified atom stereocenters. The summed E-state index contributed by atoms with van der Waals surface area (Å²) < 4.78 is 0. The van der Waals surface area contributed by atoms with E-state index in [0.717, 1.165) is 5.75 Å². The van der Waals surface area contributed by atoms with Crippen molar-refractivity contribution in [2.24, 2.45) is 0 Å². The van der Waals surface area contributed by atoms with E-state index in [4.69, 9.17) is 5.11 Å². The van der Waals surface area contributed by atoms with Gasteiger partial charge in [-0.05, 0) is 0 Å². The highest BCUT2D eigenvalue weighted by Gasteiger charge is 2.16. The molecule has 0 aliphatic carbocycles. The van der Waals surface area contributed by atoms with E-state index in [-0.39, 0.29) is 0 Å². The Bertz CT molecular complexity index is 109. The average Bonchev–Trinajstić information content (AvgIpc) is 1.88. The van der Waals surface area contributed by atoms with Crippen LogP contribution in [0.4, 0.5) is 0 Å². The normalized spacial score (nSPS) is 28.1. The minimum atomic E-state index is -0.403. The van der Waals surface area contributed by atoms with E-state index in [1.807, 2.05) is 0 Å². The summed E-state index contributed by atoms with van der Waals surface area (Å²) >= 11 is 1.47. The van der Waals surface area contributed by atoms with Crippen molar-refractivity contribution in [2.75, 3.05) is 18.8 Å². The maximum absolute atomic E-state index is 9.99. The van der Waals surface area contributed by atoms with Gasteiger partial charge in [0.05, 0.1) is 6.54 Å². The minimum absolute atomic E-state index is 0.403. The van der Waals surface area contributed by atoms with Crippen molar-refractivity contribution >= 4 is 18.2 Å². The largest absolute Gasteiger partial charge is 0.381 e. The molecule has 1 fully saturated rings. The summed E-state index contributed by atoms with van der Waals surface area (Å²) in [5.41, 5.74) is -0.403. The smallest absolute Gasteiger partial charge is 0.312 e. The molecule has 1 heterocycles. The molecular formula is C5H8NO2S. The minimum Gasteiger partial charge on any atom is -0.381 e. The lowest BCUT2D eigenvalue weighted by Gasteiger charge is -2.24. The van der Waals surface area contributed by atoms with Crippen LogP contribution in [0.15, 0.2) is 0 Å². The summed E-state index contributed by atoms with van der Waals surface area (Å²) in [6.45, 7) is 1.14. The number of nitrogens with zero attached hydrogens (tertiary/aromatic N) is 1. The number of β-amino-alcohol motifs (C(OH)–C–C–N with tert-alkyl or cyclic N) is 1. The highest BCUT2D eigenvalue weighted by molar-refractivity contribution is 7.99. The van der Waals surface area contributed by atoms with Crippen LogP contribution in [-0.2, 0) is 4.79 Å². The molecule has 51 valence electrons. The lowest BCUT2D eigenvalue weighted by molar-refractivity contribution is 0.211. The molecule has 0 aromatic heterocycles. The SMILES string of the molecule is O=[C]N1CCSC(O)C1. The lowest BCUT2D eigenvalue weighted by Crippen LogP contribution is -2.36. The van der Waals surface area contributed by atoms with Gasteiger partial charge in [-0.25, -0.2) is 0 Å². The first kappa shape index (κ1) is 6.89. The Morgan fingerprint density at radius 1 is 1.78 bits per heavy atom. The molecule has 0 bridgehead atoms. The van der Waals surface area contributed by atoms with E-state index in [1.165, 1.54) is 16.7 Å². The number of hydrogen-bond donors (Lipinski definition) is 1. The van der Waals surface area contributed by atoms with Gasteiger partial charge in [-0.1, -0.05) is 0 Å². The van der Waals surface area contributed by atoms with Gasteiger partial charge in [-0.2, -0.15) is 0 Å². The molecule has 1 N–H and O–H groups in total. The number of aliphatic hydroxyl groups excluding tert-OH is 1. The summed E-state index contributed by atoms with van der Waals surface area (Å²) in [5, 5.41) is 8.95. The van der Waals surface area contributed by atoms with Crippen molar-refractivity contribution in [2.45, 2.75) is 5.44 Å². The second-order valence-corrected chi connectivity index (χ2v) is 3.15. The van der Waals surface area contributed by atoms with Gasteiger partial charge in [-0.15, -0.1) is 11.8 Å². The van der Waals surface area contributed by atoms with Gasteiger partial charge >= 0.3 is 6.41 Å². The first-order valence-electron chi connectivity index (χ1n) is 2.75. The zero-order chi connectivity index (χ0) is 6.69. The van der Waals surface area contributed by atoms with Crippen molar-refractivity contribution in [1.29, 1.82) is 0 Å². The van der Waals surface area contributed by atoms with Crippen LogP contribution < -0.4 is 0 Å². The van der Waals surface area contributed by atoms with Gasteiger partial charge in [0, 0.05) is 12.3 Å². The molecule has 0 spiro atoms. The molecule has 0 aromatic rings. The Balaban J connectivity index is 2.31. The third-order valence-corrected chi connectivity index (χ3v) is 2.13. The van der Waals surface area contributed by atoms with Gasteiger partial charge in [0.25, 0.3) is 0 Å². The number of aliphatic hydroxyl groups is 1. The summed E-state index contributed by atoms with van der Waals surface area (Å²) in [7, 11) is 0. The number of thioether (sulfide) groups is 1. The van der Waals surface area contributed by atoms with E-state index >= 15 is 0 Å². The van der Waals surface area contributed by atoms with Crippen LogP contribution >= 0.6 is 11.8 Å². The number of rotatable bonds is 1. The van der Waals surface area contributed by atoms with Gasteiger partial charge in [0.1, 0.15) is 5.44 Å². The predicted octanol–water partition coefficient (Wildman–Crippen LogP) is -0.579. The fourth-order valence-electron chi connectivity index (χ4n) is 0.714. The van der Waals surface area contributed by atoms with Crippen LogP contribution in [0.1, 0.15) is 0 Å². The lowest BCUT2D eigenvalue weighted by atomic mass is 10.5. The van der Waals surface area contributed by atoms with E-state index < -0.39 is 5.44 Å². The van der Waals surface area contributed by atoms with Crippen LogP contribution in [0, 0.1) is 0 Å². The van der Waals surface area contributed by atoms with E-state index in [1.54, 1.807) is 6.41 Å². The highest BCUT2D eigenvalue weighted by atomic mass is 32.2. The fourth-order valence-corrected chi connectivity index (χ4v) is 1.60. The second-order valence-electron chi connectivity index (χ2n) is 1.86. The molecule has 1 aliphatic rings. The molecule has 1 atom stereocenters. The van der Waals surface area contributed by atoms with Gasteiger partial charge < -0.3 is 10.0 Å². The standard InChI is InChI=1S/C5H8NO2S/c7-4-6-1-2-9-5(8)3-6/h5,8H,1-3H2. The van der Waals surface area contributed by atoms with E-state index in [2.05, 4.69) is 0 Å². The molecule has 1 radical (unpaired) electrons. The van der Waals surface area contributed by atoms with Crippen molar-refractivity contribution in [1.82, 2.24) is 4.90 Å². The van der Waals surface area contributed by atoms with Crippen molar-refractivity contribution in [3.63, 3.8) is 0 Å². The molecule has 1 rings (SSSR count). The van der Waals surface area contributed by atoms with Crippen molar-refractivity contribution in [3.05, 3.63) is 0 Å². The van der Waals surface area contributed by atoms with Crippen LogP contribution in [0.5, 0.6) is 0 Å². The third kappa shape index (κ3) is 1.87. The van der Waals surface area contributed by atoms with Gasteiger partial charge in [0.15, 0.2) is 0 Å². The molecule has 1 aliphatic heterocycles. The van der Waals surface area contributed by atoms with Crippen molar-refractivity contribution in [3.8, 4) is 0 Å². The first-order valence-corrected chi connectivity index (χ1v) is 3.80. The van der Waals surface area contributed by atoms with Crippen LogP contribution in [0.2, 0.25) is 0 Å². The number of carbonyl (C=O) groups excluding carboxylic acids is 1. The summed E-state index contributed by atoms with van der Waals surface area (Å²) in [4.78, 5) is 11.4. The topological polar surface area (TPSA) is 40.5 Å². The van der Waals surface area contributed by atoms with Crippen LogP contribution in [0.3, 0.4) is 0 Å². The Morgan fingerprint density at radius 2 is 2.56 bits per heavy atom. The molecule has 4 heteroatoms. The maximum atomic E-state index is 9.99. The van der Waals surface area contributed by atoms with Crippen LogP contribution in [-0.4, -0.2) is 40.7 Å². The Kier molecular flexibility index (Phi) is 2.36. The molecule has 1 amide bonds. The van der Waals surface area contributed by atoms with Crippen molar-refractivity contribution < 1.29 is 9.90 Å². The molecule has 1 saturated heterocycles. The molecule has 3 nitrogen and oxygen atoms in total. The van der Waals surface area contributed by atoms with E-state index in [9.17, 15) is 4.79 Å². The molecule has 0 saturated carbocycles. The number of hydrogen-bond acceptors (Lipinski definition) is 3. The quantitative estimate of drug-likeness (QED) is 0.538. The van der Waals surface area contributed by atoms with Crippen LogP contribution in [0.25, 0.3) is 0 Å². The third-order valence-electron chi connectivity index (χ3n) is 1.18. The average molecular weight is 146 g/mol. The monoisotopic (exact) mass is 146 g/mol. The Hall–Kier alpha value is -0.220. The van der Waals surface area contributed by atoms with Gasteiger partial charge in [0.2, 0.25) is 0 Å². The Labute approximate surface area is 58.0 Å². The van der Waals surface area contributed by atoms with Gasteiger partial charge in [-0.3, -0.25) is 4.79 Å². The fraction of sp³-hybridized carbons (Fsp3) is 0.800. The van der Waals surface area contributed by atoms with E-state index in [0.29, 0.717) is 13.1 Å². The number of amides is 1. The second kappa shape index (κ2) is 3.08. The zero-order valence-electron chi connectivity index (χ0n) is 4.91. The highest BCUT2D eigenvalue weighted by Crippen LogP contribution is 2.13. The first-order chi connectivity index (χ1) is 4.33. The Morgan fingerprint density at radius 3 is 3.00 bits per heavy atom.